The van der Waals surface area contributed by atoms with Gasteiger partial charge in [0.05, 0.1) is 28.2 Å². The Morgan fingerprint density at radius 2 is 1.81 bits per heavy atom. The van der Waals surface area contributed by atoms with Gasteiger partial charge in [0.15, 0.2) is 5.76 Å². The first-order valence-electron chi connectivity index (χ1n) is 16.3. The van der Waals surface area contributed by atoms with Crippen molar-refractivity contribution in [1.29, 1.82) is 0 Å². The molecule has 3 heterocycles. The molecule has 0 unspecified atom stereocenters. The number of carbonyl (C=O) groups is 3. The number of aliphatic hydroxyl groups is 1. The van der Waals surface area contributed by atoms with Crippen LogP contribution in [0.25, 0.3) is 21.4 Å². The number of aliphatic hydroxyl groups excluding tert-OH is 1. The molecule has 12 heteroatoms. The number of thiazole rings is 1. The Hall–Kier alpha value is -4.26. The van der Waals surface area contributed by atoms with Crippen molar-refractivity contribution >= 4 is 40.0 Å². The lowest BCUT2D eigenvalue weighted by Crippen LogP contribution is -2.57. The number of rotatable bonds is 9. The lowest BCUT2D eigenvalue weighted by atomic mass is 9.85. The predicted octanol–water partition coefficient (Wildman–Crippen LogP) is 4.72. The van der Waals surface area contributed by atoms with Gasteiger partial charge in [0.1, 0.15) is 29.5 Å². The molecular formula is C36H43N5O6S. The van der Waals surface area contributed by atoms with Gasteiger partial charge in [-0.25, -0.2) is 4.98 Å². The van der Waals surface area contributed by atoms with Crippen LogP contribution in [0.3, 0.4) is 0 Å². The number of fused-ring (bicyclic) bond motifs is 1. The smallest absolute Gasteiger partial charge is 0.287 e. The van der Waals surface area contributed by atoms with E-state index in [0.29, 0.717) is 16.7 Å². The first-order valence-corrected chi connectivity index (χ1v) is 17.2. The van der Waals surface area contributed by atoms with Crippen LogP contribution in [-0.4, -0.2) is 69.6 Å². The second kappa shape index (κ2) is 13.3. The Kier molecular flexibility index (Phi) is 9.34. The van der Waals surface area contributed by atoms with Crippen LogP contribution in [0.4, 0.5) is 0 Å². The molecule has 6 rings (SSSR count). The number of amides is 3. The SMILES string of the molecule is Cc1ncsc1-c1ccc([C@H](C)NC(=O)[C@@H]2C[C@@H](O)CN2C(=O)[C@@H](NC(=O)c2cc3cc(O[C@H]4C[C@H](N)C4)ccc3o2)C(C)(C)C)cc1. The number of benzene rings is 2. The lowest BCUT2D eigenvalue weighted by Gasteiger charge is -2.35. The van der Waals surface area contributed by atoms with E-state index in [2.05, 4.69) is 15.6 Å². The molecule has 1 aliphatic heterocycles. The van der Waals surface area contributed by atoms with Gasteiger partial charge in [-0.05, 0) is 67.5 Å². The molecule has 2 fully saturated rings. The summed E-state index contributed by atoms with van der Waals surface area (Å²) < 4.78 is 11.8. The highest BCUT2D eigenvalue weighted by molar-refractivity contribution is 7.13. The van der Waals surface area contributed by atoms with E-state index >= 15 is 0 Å². The third-order valence-corrected chi connectivity index (χ3v) is 10.2. The molecule has 254 valence electrons. The fourth-order valence-corrected chi connectivity index (χ4v) is 7.13. The van der Waals surface area contributed by atoms with E-state index in [1.807, 2.05) is 70.5 Å². The number of hydrogen-bond acceptors (Lipinski definition) is 9. The quantitative estimate of drug-likeness (QED) is 0.199. The average molecular weight is 674 g/mol. The minimum absolute atomic E-state index is 0.0179. The number of nitrogens with zero attached hydrogens (tertiary/aromatic N) is 2. The minimum Gasteiger partial charge on any atom is -0.490 e. The van der Waals surface area contributed by atoms with E-state index in [1.165, 1.54) is 4.90 Å². The van der Waals surface area contributed by atoms with Crippen molar-refractivity contribution in [1.82, 2.24) is 20.5 Å². The molecule has 48 heavy (non-hydrogen) atoms. The fourth-order valence-electron chi connectivity index (χ4n) is 6.32. The Bertz CT molecular complexity index is 1810. The third-order valence-electron chi connectivity index (χ3n) is 9.18. The molecule has 2 aliphatic rings. The molecule has 0 bridgehead atoms. The number of nitrogens with two attached hydrogens (primary N) is 1. The number of hydrogen-bond donors (Lipinski definition) is 4. The van der Waals surface area contributed by atoms with Gasteiger partial charge in [0, 0.05) is 24.4 Å². The number of aromatic nitrogens is 1. The van der Waals surface area contributed by atoms with Crippen molar-refractivity contribution in [2.24, 2.45) is 11.1 Å². The summed E-state index contributed by atoms with van der Waals surface area (Å²) in [5, 5.41) is 17.2. The lowest BCUT2D eigenvalue weighted by molar-refractivity contribution is -0.142. The number of carbonyl (C=O) groups excluding carboxylic acids is 3. The summed E-state index contributed by atoms with van der Waals surface area (Å²) in [7, 11) is 0. The Morgan fingerprint density at radius 1 is 1.08 bits per heavy atom. The van der Waals surface area contributed by atoms with E-state index in [1.54, 1.807) is 29.5 Å². The minimum atomic E-state index is -0.999. The topological polar surface area (TPSA) is 160 Å². The van der Waals surface area contributed by atoms with E-state index in [4.69, 9.17) is 14.9 Å². The van der Waals surface area contributed by atoms with Crippen LogP contribution in [0.15, 0.2) is 58.5 Å². The van der Waals surface area contributed by atoms with Gasteiger partial charge in [-0.2, -0.15) is 0 Å². The summed E-state index contributed by atoms with van der Waals surface area (Å²) >= 11 is 1.58. The first-order chi connectivity index (χ1) is 22.8. The summed E-state index contributed by atoms with van der Waals surface area (Å²) in [6.07, 6.45) is 0.906. The molecule has 1 saturated carbocycles. The maximum Gasteiger partial charge on any atom is 0.287 e. The molecule has 3 amide bonds. The third kappa shape index (κ3) is 7.11. The molecule has 2 aromatic heterocycles. The number of furan rings is 1. The van der Waals surface area contributed by atoms with Crippen molar-refractivity contribution in [3.63, 3.8) is 0 Å². The van der Waals surface area contributed by atoms with Crippen LogP contribution in [0.5, 0.6) is 5.75 Å². The second-order valence-electron chi connectivity index (χ2n) is 14.1. The molecule has 2 aromatic carbocycles. The van der Waals surface area contributed by atoms with Crippen molar-refractivity contribution in [3.05, 3.63) is 71.1 Å². The maximum atomic E-state index is 14.1. The fraction of sp³-hybridized carbons (Fsp3) is 0.444. The molecule has 1 saturated heterocycles. The van der Waals surface area contributed by atoms with Gasteiger partial charge >= 0.3 is 0 Å². The van der Waals surface area contributed by atoms with Gasteiger partial charge < -0.3 is 35.5 Å². The number of β-amino-alcohol motifs (C(OH)–C–C–N with tert-alkyl or cyclic N) is 1. The van der Waals surface area contributed by atoms with Gasteiger partial charge in [0.2, 0.25) is 11.8 Å². The van der Waals surface area contributed by atoms with Crippen LogP contribution < -0.4 is 21.1 Å². The molecule has 1 aliphatic carbocycles. The summed E-state index contributed by atoms with van der Waals surface area (Å²) in [6.45, 7) is 9.35. The zero-order valence-corrected chi connectivity index (χ0v) is 28.7. The normalized spacial score (nSPS) is 22.2. The van der Waals surface area contributed by atoms with Gasteiger partial charge in [-0.15, -0.1) is 11.3 Å². The standard InChI is InChI=1S/C36H43N5O6S/c1-19(21-6-8-22(9-7-21)31-20(2)38-18-48-31)39-33(43)28-16-25(42)17-41(28)35(45)32(36(3,4)5)40-34(44)30-13-23-12-26(10-11-29(23)47-30)46-27-14-24(37)15-27/h6-13,18-19,24-25,27-28,32,42H,14-17,37H2,1-5H3,(H,39,43)(H,40,44)/t19-,24-,25+,27-,28-,32+/m0/s1. The van der Waals surface area contributed by atoms with Crippen LogP contribution >= 0.6 is 11.3 Å². The molecule has 11 nitrogen and oxygen atoms in total. The van der Waals surface area contributed by atoms with Crippen molar-refractivity contribution in [2.75, 3.05) is 6.54 Å². The van der Waals surface area contributed by atoms with Crippen LogP contribution in [0.1, 0.15) is 74.8 Å². The average Bonchev–Trinajstić information content (AvgIpc) is 3.76. The van der Waals surface area contributed by atoms with Crippen LogP contribution in [0, 0.1) is 12.3 Å². The summed E-state index contributed by atoms with van der Waals surface area (Å²) in [4.78, 5) is 48.0. The van der Waals surface area contributed by atoms with Crippen LogP contribution in [0.2, 0.25) is 0 Å². The zero-order valence-electron chi connectivity index (χ0n) is 27.9. The van der Waals surface area contributed by atoms with Gasteiger partial charge in [0.25, 0.3) is 5.91 Å². The molecular weight excluding hydrogens is 630 g/mol. The van der Waals surface area contributed by atoms with Crippen molar-refractivity contribution in [3.8, 4) is 16.2 Å². The summed E-state index contributed by atoms with van der Waals surface area (Å²) in [6, 6.07) is 12.9. The van der Waals surface area contributed by atoms with E-state index in [-0.39, 0.29) is 42.8 Å². The molecule has 4 aromatic rings. The maximum absolute atomic E-state index is 14.1. The number of ether oxygens (including phenoxy) is 1. The van der Waals surface area contributed by atoms with E-state index in [0.717, 1.165) is 34.5 Å². The zero-order chi connectivity index (χ0) is 34.3. The second-order valence-corrected chi connectivity index (χ2v) is 14.9. The van der Waals surface area contributed by atoms with Crippen molar-refractivity contribution < 1.29 is 28.6 Å². The highest BCUT2D eigenvalue weighted by Gasteiger charge is 2.45. The Balaban J connectivity index is 1.13. The van der Waals surface area contributed by atoms with Gasteiger partial charge in [-0.3, -0.25) is 14.4 Å². The Labute approximate surface area is 283 Å². The first kappa shape index (κ1) is 33.6. The number of nitrogens with one attached hydrogen (secondary N) is 2. The van der Waals surface area contributed by atoms with Crippen molar-refractivity contribution in [2.45, 2.75) is 90.3 Å². The number of likely N-dealkylation sites (tertiary alicyclic amines) is 1. The monoisotopic (exact) mass is 673 g/mol. The highest BCUT2D eigenvalue weighted by Crippen LogP contribution is 2.31. The van der Waals surface area contributed by atoms with E-state index < -0.39 is 35.4 Å². The molecule has 0 radical (unpaired) electrons. The largest absolute Gasteiger partial charge is 0.490 e. The summed E-state index contributed by atoms with van der Waals surface area (Å²) in [5.74, 6) is -0.652. The molecule has 5 N–H and O–H groups in total. The predicted molar refractivity (Wildman–Crippen MR) is 184 cm³/mol. The van der Waals surface area contributed by atoms with E-state index in [9.17, 15) is 19.5 Å². The summed E-state index contributed by atoms with van der Waals surface area (Å²) in [5.41, 5.74) is 10.4. The molecule has 0 spiro atoms. The van der Waals surface area contributed by atoms with Gasteiger partial charge in [-0.1, -0.05) is 45.0 Å². The van der Waals surface area contributed by atoms with Crippen LogP contribution in [-0.2, 0) is 9.59 Å². The number of aryl methyl sites for hydroxylation is 1. The highest BCUT2D eigenvalue weighted by atomic mass is 32.1. The Morgan fingerprint density at radius 3 is 2.46 bits per heavy atom. The molecule has 4 atom stereocenters.